The van der Waals surface area contributed by atoms with E-state index in [9.17, 15) is 14.7 Å². The third-order valence-electron chi connectivity index (χ3n) is 6.47. The summed E-state index contributed by atoms with van der Waals surface area (Å²) in [5.41, 5.74) is 2.20. The molecule has 1 heterocycles. The number of nitrogens with zero attached hydrogens (tertiary/aromatic N) is 1. The van der Waals surface area contributed by atoms with Crippen LogP contribution in [0.2, 0.25) is 0 Å². The minimum absolute atomic E-state index is 0.0592. The van der Waals surface area contributed by atoms with Gasteiger partial charge in [0.25, 0.3) is 0 Å². The summed E-state index contributed by atoms with van der Waals surface area (Å²) in [6.45, 7) is 4.31. The Morgan fingerprint density at radius 2 is 1.95 bits per heavy atom. The zero-order chi connectivity index (χ0) is 26.6. The van der Waals surface area contributed by atoms with Gasteiger partial charge in [0.1, 0.15) is 23.4 Å². The third-order valence-corrected chi connectivity index (χ3v) is 6.47. The summed E-state index contributed by atoms with van der Waals surface area (Å²) in [6, 6.07) is 12.1. The number of methoxy groups -OCH3 is 1. The molecular weight excluding hydrogens is 470 g/mol. The molecule has 1 aliphatic rings. The Morgan fingerprint density at radius 3 is 2.62 bits per heavy atom. The van der Waals surface area contributed by atoms with Crippen molar-refractivity contribution in [3.8, 4) is 23.0 Å². The van der Waals surface area contributed by atoms with Gasteiger partial charge in [0.15, 0.2) is 11.5 Å². The van der Waals surface area contributed by atoms with Gasteiger partial charge in [-0.15, -0.1) is 0 Å². The zero-order valence-electron chi connectivity index (χ0n) is 21.9. The van der Waals surface area contributed by atoms with E-state index in [1.165, 1.54) is 18.6 Å². The van der Waals surface area contributed by atoms with E-state index >= 15 is 0 Å². The Labute approximate surface area is 219 Å². The van der Waals surface area contributed by atoms with Crippen LogP contribution in [0.25, 0.3) is 0 Å². The minimum Gasteiger partial charge on any atom is -0.508 e. The Morgan fingerprint density at radius 1 is 1.11 bits per heavy atom. The Hall–Kier alpha value is -3.61. The molecule has 0 spiro atoms. The number of hydrogen-bond donors (Lipinski definition) is 1. The van der Waals surface area contributed by atoms with E-state index in [0.717, 1.165) is 31.4 Å². The average molecular weight is 508 g/mol. The van der Waals surface area contributed by atoms with Gasteiger partial charge >= 0.3 is 5.97 Å². The largest absolute Gasteiger partial charge is 0.508 e. The number of phenolic OH excluding ortho intramolecular Hbond substituents is 1. The molecule has 0 aliphatic carbocycles. The Kier molecular flexibility index (Phi) is 10.7. The van der Waals surface area contributed by atoms with Gasteiger partial charge in [-0.2, -0.15) is 0 Å². The predicted octanol–water partition coefficient (Wildman–Crippen LogP) is 6.22. The first-order chi connectivity index (χ1) is 17.9. The van der Waals surface area contributed by atoms with Gasteiger partial charge < -0.3 is 19.3 Å². The molecule has 2 atom stereocenters. The summed E-state index contributed by atoms with van der Waals surface area (Å²) in [4.78, 5) is 28.7. The maximum atomic E-state index is 12.8. The summed E-state index contributed by atoms with van der Waals surface area (Å²) in [5, 5.41) is 9.65. The zero-order valence-corrected chi connectivity index (χ0v) is 21.9. The second kappa shape index (κ2) is 14.2. The molecule has 2 aromatic rings. The lowest BCUT2D eigenvalue weighted by atomic mass is 9.90. The highest BCUT2D eigenvalue weighted by atomic mass is 16.5. The topological polar surface area (TPSA) is 94.4 Å². The number of Topliss-reactive ketones (excluding diaryl/α,β-unsaturated/α-hetero) is 1. The third kappa shape index (κ3) is 9.41. The second-order valence-electron chi connectivity index (χ2n) is 9.39. The number of rotatable bonds is 15. The predicted molar refractivity (Wildman–Crippen MR) is 144 cm³/mol. The lowest BCUT2D eigenvalue weighted by Gasteiger charge is -2.20. The molecule has 198 valence electrons. The summed E-state index contributed by atoms with van der Waals surface area (Å²) < 4.78 is 16.8. The van der Waals surface area contributed by atoms with Gasteiger partial charge in [-0.05, 0) is 67.0 Å². The maximum absolute atomic E-state index is 12.8. The molecule has 7 heteroatoms. The lowest BCUT2D eigenvalue weighted by Crippen LogP contribution is -2.22. The van der Waals surface area contributed by atoms with Crippen LogP contribution in [0, 0.1) is 5.92 Å². The fraction of sp³-hybridized carbons (Fsp3) is 0.433. The van der Waals surface area contributed by atoms with Crippen molar-refractivity contribution in [3.05, 3.63) is 59.7 Å². The van der Waals surface area contributed by atoms with E-state index in [1.807, 2.05) is 18.3 Å². The van der Waals surface area contributed by atoms with E-state index in [-0.39, 0.29) is 23.9 Å². The van der Waals surface area contributed by atoms with Gasteiger partial charge in [-0.25, -0.2) is 0 Å². The van der Waals surface area contributed by atoms with Crippen molar-refractivity contribution in [2.45, 2.75) is 64.9 Å². The van der Waals surface area contributed by atoms with E-state index in [4.69, 9.17) is 14.2 Å². The van der Waals surface area contributed by atoms with Crippen molar-refractivity contribution in [3.63, 3.8) is 0 Å². The fourth-order valence-corrected chi connectivity index (χ4v) is 4.44. The smallest absolute Gasteiger partial charge is 0.302 e. The van der Waals surface area contributed by atoms with Gasteiger partial charge in [-0.3, -0.25) is 14.6 Å². The first-order valence-electron chi connectivity index (χ1n) is 12.9. The number of aliphatic imine (C=N–C) groups is 1. The minimum atomic E-state index is -0.405. The summed E-state index contributed by atoms with van der Waals surface area (Å²) in [6.07, 6.45) is 8.34. The highest BCUT2D eigenvalue weighted by molar-refractivity contribution is 5.81. The number of carbonyl (C=O) groups is 2. The summed E-state index contributed by atoms with van der Waals surface area (Å²) in [7, 11) is 1.56. The van der Waals surface area contributed by atoms with E-state index in [2.05, 4.69) is 18.0 Å². The Balaban J connectivity index is 1.53. The molecule has 0 saturated heterocycles. The quantitative estimate of drug-likeness (QED) is 0.288. The normalized spacial score (nSPS) is 14.1. The van der Waals surface area contributed by atoms with E-state index in [0.29, 0.717) is 42.4 Å². The molecule has 0 fully saturated rings. The molecule has 0 radical (unpaired) electrons. The first-order valence-corrected chi connectivity index (χ1v) is 12.9. The molecule has 2 aromatic carbocycles. The number of phenols is 1. The second-order valence-corrected chi connectivity index (χ2v) is 9.39. The first kappa shape index (κ1) is 28.0. The molecule has 0 amide bonds. The number of ketones is 1. The van der Waals surface area contributed by atoms with Crippen molar-refractivity contribution in [1.82, 2.24) is 0 Å². The van der Waals surface area contributed by atoms with Crippen molar-refractivity contribution in [2.24, 2.45) is 10.9 Å². The van der Waals surface area contributed by atoms with Crippen molar-refractivity contribution < 1.29 is 28.9 Å². The number of esters is 1. The fourth-order valence-electron chi connectivity index (χ4n) is 4.44. The van der Waals surface area contributed by atoms with Gasteiger partial charge in [-0.1, -0.05) is 31.6 Å². The molecular formula is C30H37NO6. The van der Waals surface area contributed by atoms with Gasteiger partial charge in [0, 0.05) is 32.0 Å². The molecule has 0 aromatic heterocycles. The van der Waals surface area contributed by atoms with Crippen LogP contribution in [0.5, 0.6) is 23.0 Å². The molecule has 2 unspecified atom stereocenters. The van der Waals surface area contributed by atoms with Crippen LogP contribution in [0.1, 0.15) is 57.9 Å². The highest BCUT2D eigenvalue weighted by Gasteiger charge is 2.20. The number of allylic oxidation sites excluding steroid dienone is 1. The molecule has 1 N–H and O–H groups in total. The van der Waals surface area contributed by atoms with Gasteiger partial charge in [0.05, 0.1) is 13.7 Å². The summed E-state index contributed by atoms with van der Waals surface area (Å²) in [5.74, 6) is 1.84. The van der Waals surface area contributed by atoms with Gasteiger partial charge in [0.2, 0.25) is 0 Å². The standard InChI is InChI=1S/C30H37NO6/c1-4-22(16-24-14-15-31-20-24)9-12-28(36-21(2)32)19-26(34)11-8-23-10-13-29(30(17-23)35-3)37-27-7-5-6-25(33)18-27/h5-7,10,13-14,17-18,20,22,28,33H,4,8-9,11-12,15-16,19H2,1-3H3. The molecule has 0 saturated carbocycles. The summed E-state index contributed by atoms with van der Waals surface area (Å²) >= 11 is 0. The molecule has 7 nitrogen and oxygen atoms in total. The van der Waals surface area contributed by atoms with E-state index in [1.54, 1.807) is 31.4 Å². The number of benzene rings is 2. The molecule has 0 bridgehead atoms. The van der Waals surface area contributed by atoms with Crippen LogP contribution in [0.15, 0.2) is 59.1 Å². The van der Waals surface area contributed by atoms with Crippen LogP contribution < -0.4 is 9.47 Å². The molecule has 1 aliphatic heterocycles. The van der Waals surface area contributed by atoms with Crippen LogP contribution in [0.3, 0.4) is 0 Å². The van der Waals surface area contributed by atoms with Crippen LogP contribution in [-0.2, 0) is 20.7 Å². The number of ether oxygens (including phenoxy) is 3. The van der Waals surface area contributed by atoms with Crippen LogP contribution in [-0.4, -0.2) is 42.8 Å². The van der Waals surface area contributed by atoms with Crippen molar-refractivity contribution in [1.29, 1.82) is 0 Å². The van der Waals surface area contributed by atoms with Crippen molar-refractivity contribution in [2.75, 3.05) is 13.7 Å². The molecule has 3 rings (SSSR count). The van der Waals surface area contributed by atoms with Crippen molar-refractivity contribution >= 4 is 18.0 Å². The van der Waals surface area contributed by atoms with E-state index < -0.39 is 6.10 Å². The monoisotopic (exact) mass is 507 g/mol. The Bertz CT molecular complexity index is 1120. The lowest BCUT2D eigenvalue weighted by molar-refractivity contribution is -0.148. The number of hydrogen-bond acceptors (Lipinski definition) is 7. The number of aryl methyl sites for hydroxylation is 1. The number of carbonyl (C=O) groups excluding carboxylic acids is 2. The maximum Gasteiger partial charge on any atom is 0.302 e. The van der Waals surface area contributed by atoms with Crippen LogP contribution in [0.4, 0.5) is 0 Å². The SMILES string of the molecule is CCC(CCC(CC(=O)CCc1ccc(Oc2cccc(O)c2)c(OC)c1)OC(C)=O)CC1=CCN=C1. The highest BCUT2D eigenvalue weighted by Crippen LogP contribution is 2.33. The molecule has 37 heavy (non-hydrogen) atoms. The van der Waals surface area contributed by atoms with Crippen LogP contribution >= 0.6 is 0 Å². The number of aromatic hydroxyl groups is 1. The average Bonchev–Trinajstić information content (AvgIpc) is 3.38.